The molecule has 1 N–H and O–H groups in total. The van der Waals surface area contributed by atoms with E-state index in [2.05, 4.69) is 15.4 Å². The molecule has 4 rings (SSSR count). The topological polar surface area (TPSA) is 59.8 Å². The monoisotopic (exact) mass is 436 g/mol. The van der Waals surface area contributed by atoms with Crippen molar-refractivity contribution in [2.45, 2.75) is 13.8 Å². The lowest BCUT2D eigenvalue weighted by molar-refractivity contribution is 0.101. The Morgan fingerprint density at radius 2 is 1.70 bits per heavy atom. The van der Waals surface area contributed by atoms with Gasteiger partial charge in [-0.1, -0.05) is 65.2 Å². The van der Waals surface area contributed by atoms with Crippen LogP contribution in [-0.4, -0.2) is 20.7 Å². The molecular weight excluding hydrogens is 419 g/mol. The summed E-state index contributed by atoms with van der Waals surface area (Å²) in [5.74, 6) is 0.157. The molecule has 1 amide bonds. The highest BCUT2D eigenvalue weighted by Gasteiger charge is 2.20. The SMILES string of the molecule is Cc1ccc(-c2nc(C(=O)Nc3ccc(Cl)cc3Cl)nn2-c2cccc(C)c2)cc1. The van der Waals surface area contributed by atoms with Crippen molar-refractivity contribution < 1.29 is 4.79 Å². The molecule has 7 heteroatoms. The molecule has 0 saturated heterocycles. The van der Waals surface area contributed by atoms with E-state index < -0.39 is 5.91 Å². The standard InChI is InChI=1S/C23H18Cl2N4O/c1-14-6-8-16(9-7-14)22-27-21(28-29(22)18-5-3-4-15(2)12-18)23(30)26-20-11-10-17(24)13-19(20)25/h3-13H,1-2H3,(H,26,30). The molecule has 0 aliphatic heterocycles. The summed E-state index contributed by atoms with van der Waals surface area (Å²) in [6, 6.07) is 20.6. The number of carbonyl (C=O) groups is 1. The minimum Gasteiger partial charge on any atom is -0.318 e. The summed E-state index contributed by atoms with van der Waals surface area (Å²) < 4.78 is 1.68. The highest BCUT2D eigenvalue weighted by atomic mass is 35.5. The lowest BCUT2D eigenvalue weighted by atomic mass is 10.1. The first-order chi connectivity index (χ1) is 14.4. The third kappa shape index (κ3) is 4.22. The second-order valence-corrected chi connectivity index (χ2v) is 7.80. The van der Waals surface area contributed by atoms with Gasteiger partial charge < -0.3 is 5.32 Å². The Balaban J connectivity index is 1.76. The molecule has 1 heterocycles. The molecule has 0 fully saturated rings. The molecule has 0 aliphatic carbocycles. The summed E-state index contributed by atoms with van der Waals surface area (Å²) in [5.41, 5.74) is 4.34. The quantitative estimate of drug-likeness (QED) is 0.419. The second kappa shape index (κ2) is 8.30. The van der Waals surface area contributed by atoms with Crippen LogP contribution in [0.3, 0.4) is 0 Å². The van der Waals surface area contributed by atoms with Crippen LogP contribution in [0.15, 0.2) is 66.7 Å². The van der Waals surface area contributed by atoms with Crippen LogP contribution in [0, 0.1) is 13.8 Å². The van der Waals surface area contributed by atoms with Gasteiger partial charge in [-0.15, -0.1) is 5.10 Å². The molecular formula is C23H18Cl2N4O. The van der Waals surface area contributed by atoms with Crippen LogP contribution in [0.1, 0.15) is 21.7 Å². The molecule has 0 unspecified atom stereocenters. The molecule has 30 heavy (non-hydrogen) atoms. The number of nitrogens with zero attached hydrogens (tertiary/aromatic N) is 3. The molecule has 5 nitrogen and oxygen atoms in total. The maximum Gasteiger partial charge on any atom is 0.295 e. The summed E-state index contributed by atoms with van der Waals surface area (Å²) >= 11 is 12.1. The van der Waals surface area contributed by atoms with Gasteiger partial charge in [-0.25, -0.2) is 9.67 Å². The van der Waals surface area contributed by atoms with Crippen molar-refractivity contribution in [2.75, 3.05) is 5.32 Å². The number of rotatable bonds is 4. The average molecular weight is 437 g/mol. The zero-order valence-corrected chi connectivity index (χ0v) is 17.9. The van der Waals surface area contributed by atoms with E-state index in [1.54, 1.807) is 22.9 Å². The smallest absolute Gasteiger partial charge is 0.295 e. The number of aryl methyl sites for hydroxylation is 2. The van der Waals surface area contributed by atoms with Gasteiger partial charge in [-0.05, 0) is 49.7 Å². The van der Waals surface area contributed by atoms with Gasteiger partial charge in [-0.3, -0.25) is 4.79 Å². The Labute approximate surface area is 184 Å². The van der Waals surface area contributed by atoms with Crippen LogP contribution in [0.25, 0.3) is 17.1 Å². The van der Waals surface area contributed by atoms with Crippen molar-refractivity contribution in [3.05, 3.63) is 93.7 Å². The van der Waals surface area contributed by atoms with E-state index in [0.29, 0.717) is 21.6 Å². The van der Waals surface area contributed by atoms with Crippen LogP contribution in [0.4, 0.5) is 5.69 Å². The number of amides is 1. The second-order valence-electron chi connectivity index (χ2n) is 6.95. The fraction of sp³-hybridized carbons (Fsp3) is 0.0870. The molecule has 4 aromatic rings. The van der Waals surface area contributed by atoms with Crippen LogP contribution in [-0.2, 0) is 0 Å². The maximum absolute atomic E-state index is 12.9. The highest BCUT2D eigenvalue weighted by molar-refractivity contribution is 6.36. The van der Waals surface area contributed by atoms with Gasteiger partial charge in [0.15, 0.2) is 5.82 Å². The highest BCUT2D eigenvalue weighted by Crippen LogP contribution is 2.26. The first-order valence-corrected chi connectivity index (χ1v) is 10.0. The predicted octanol–water partition coefficient (Wildman–Crippen LogP) is 6.11. The molecule has 0 bridgehead atoms. The summed E-state index contributed by atoms with van der Waals surface area (Å²) in [7, 11) is 0. The number of carbonyl (C=O) groups excluding carboxylic acids is 1. The third-order valence-electron chi connectivity index (χ3n) is 4.55. The first kappa shape index (κ1) is 20.1. The Kier molecular flexibility index (Phi) is 5.57. The Morgan fingerprint density at radius 3 is 2.40 bits per heavy atom. The largest absolute Gasteiger partial charge is 0.318 e. The van der Waals surface area contributed by atoms with Crippen LogP contribution in [0.2, 0.25) is 10.0 Å². The average Bonchev–Trinajstić information content (AvgIpc) is 3.16. The molecule has 0 aliphatic rings. The van der Waals surface area contributed by atoms with Gasteiger partial charge >= 0.3 is 0 Å². The van der Waals surface area contributed by atoms with E-state index in [4.69, 9.17) is 23.2 Å². The van der Waals surface area contributed by atoms with E-state index in [-0.39, 0.29) is 5.82 Å². The number of hydrogen-bond donors (Lipinski definition) is 1. The van der Waals surface area contributed by atoms with Gasteiger partial charge in [0.05, 0.1) is 16.4 Å². The zero-order chi connectivity index (χ0) is 21.3. The van der Waals surface area contributed by atoms with E-state index in [0.717, 1.165) is 22.4 Å². The molecule has 150 valence electrons. The third-order valence-corrected chi connectivity index (χ3v) is 5.09. The first-order valence-electron chi connectivity index (χ1n) is 9.28. The van der Waals surface area contributed by atoms with Crippen molar-refractivity contribution in [3.63, 3.8) is 0 Å². The fourth-order valence-electron chi connectivity index (χ4n) is 3.01. The van der Waals surface area contributed by atoms with Gasteiger partial charge in [0, 0.05) is 10.6 Å². The summed E-state index contributed by atoms with van der Waals surface area (Å²) in [6.07, 6.45) is 0. The van der Waals surface area contributed by atoms with Crippen molar-refractivity contribution >= 4 is 34.8 Å². The van der Waals surface area contributed by atoms with Crippen LogP contribution in [0.5, 0.6) is 0 Å². The zero-order valence-electron chi connectivity index (χ0n) is 16.4. The summed E-state index contributed by atoms with van der Waals surface area (Å²) in [4.78, 5) is 17.4. The normalized spacial score (nSPS) is 10.8. The predicted molar refractivity (Wildman–Crippen MR) is 121 cm³/mol. The molecule has 0 spiro atoms. The van der Waals surface area contributed by atoms with E-state index >= 15 is 0 Å². The minimum absolute atomic E-state index is 0.0399. The van der Waals surface area contributed by atoms with Gasteiger partial charge in [0.1, 0.15) is 0 Å². The van der Waals surface area contributed by atoms with Gasteiger partial charge in [-0.2, -0.15) is 0 Å². The summed E-state index contributed by atoms with van der Waals surface area (Å²) in [5, 5.41) is 8.07. The molecule has 0 radical (unpaired) electrons. The van der Waals surface area contributed by atoms with E-state index in [1.165, 1.54) is 0 Å². The fourth-order valence-corrected chi connectivity index (χ4v) is 3.46. The Hall–Kier alpha value is -3.15. The van der Waals surface area contributed by atoms with E-state index in [1.807, 2.05) is 62.4 Å². The van der Waals surface area contributed by atoms with Crippen LogP contribution < -0.4 is 5.32 Å². The van der Waals surface area contributed by atoms with Crippen molar-refractivity contribution in [3.8, 4) is 17.1 Å². The number of nitrogens with one attached hydrogen (secondary N) is 1. The van der Waals surface area contributed by atoms with Crippen LogP contribution >= 0.6 is 23.2 Å². The molecule has 0 atom stereocenters. The Bertz CT molecular complexity index is 1230. The molecule has 3 aromatic carbocycles. The van der Waals surface area contributed by atoms with Crippen molar-refractivity contribution in [1.82, 2.24) is 14.8 Å². The minimum atomic E-state index is -0.459. The number of anilines is 1. The number of aromatic nitrogens is 3. The number of benzene rings is 3. The number of hydrogen-bond acceptors (Lipinski definition) is 3. The summed E-state index contributed by atoms with van der Waals surface area (Å²) in [6.45, 7) is 4.02. The van der Waals surface area contributed by atoms with Gasteiger partial charge in [0.25, 0.3) is 5.91 Å². The van der Waals surface area contributed by atoms with E-state index in [9.17, 15) is 4.79 Å². The van der Waals surface area contributed by atoms with Gasteiger partial charge in [0.2, 0.25) is 5.82 Å². The van der Waals surface area contributed by atoms with Crippen molar-refractivity contribution in [1.29, 1.82) is 0 Å². The molecule has 0 saturated carbocycles. The lowest BCUT2D eigenvalue weighted by Gasteiger charge is -2.07. The molecule has 1 aromatic heterocycles. The lowest BCUT2D eigenvalue weighted by Crippen LogP contribution is -2.14. The maximum atomic E-state index is 12.9. The number of halogens is 2. The van der Waals surface area contributed by atoms with Crippen molar-refractivity contribution in [2.24, 2.45) is 0 Å². The Morgan fingerprint density at radius 1 is 0.933 bits per heavy atom.